The number of esters is 1. The fraction of sp³-hybridized carbons (Fsp3) is 0.583. The number of hydrogen-bond donors (Lipinski definition) is 10. The SMILES string of the molecule is Cc1cccc(-c2cn(C3C(O)[C@@H](OCCNC(=O)C4CC(n5cc(-c6cccc(F)c6)nn5)[C@@H](O[C@@H]5OC(C)[C@@H](O)[C@H](O)C5O)[C@H](O[C@@H]5O[C@@H](CO)[C@H](O)C(O[C@@H](CC6CCCCC6)C(=O)O)C5OC(=O)c5ccccc5)C4)OC(CO)[C@H]3O)nn2)c1. The molecule has 10 N–H and O–H groups in total. The molecule has 27 nitrogen and oxygen atoms in total. The number of aliphatic hydroxyl groups excluding tert-OH is 8. The van der Waals surface area contributed by atoms with E-state index >= 15 is 0 Å². The summed E-state index contributed by atoms with van der Waals surface area (Å²) in [5.74, 6) is -4.71. The van der Waals surface area contributed by atoms with Gasteiger partial charge in [-0.15, -0.1) is 10.2 Å². The molecule has 0 radical (unpaired) electrons. The molecule has 3 aromatic carbocycles. The summed E-state index contributed by atoms with van der Waals surface area (Å²) in [5, 5.41) is 120. The quantitative estimate of drug-likeness (QED) is 0.0343. The highest BCUT2D eigenvalue weighted by Crippen LogP contribution is 2.42. The molecule has 5 aromatic rings. The van der Waals surface area contributed by atoms with Crippen molar-refractivity contribution in [1.29, 1.82) is 0 Å². The largest absolute Gasteiger partial charge is 0.479 e. The van der Waals surface area contributed by atoms with Gasteiger partial charge in [-0.25, -0.2) is 23.3 Å². The normalized spacial score (nSPS) is 33.3. The molecule has 10 rings (SSSR count). The molecule has 5 aliphatic rings. The standard InChI is InChI=1S/C60H76FN7O20/c1-30-11-9-16-34(21-30)39-27-68(66-64-39)45-47(72)43(28-69)85-58(49(45)74)81-20-19-62-55(77)36-24-40(67-26-38(63-65-67)35-17-10-18-37(61)23-35)52(88-59-51(76)50(75)46(71)31(2)82-59)41(25-36)84-60-54(87-57(80)33-14-7-4-8-15-33)53(48(73)44(29-70)86-60)83-42(56(78)79)22-32-12-5-3-6-13-32/h4,7-11,14-18,21,23,26-27,31-32,36,40-54,58-60,69-76H,3,5-6,12-13,19-20,22,24-25,28-29H2,1-2H3,(H,62,77)(H,78,79)/t31?,36?,40?,41-,42+,43?,44+,45?,46-,47-,48+,49?,50+,51?,52-,53?,54?,58+,59+,60-/m1/s1. The number of benzene rings is 3. The molecule has 5 heterocycles. The van der Waals surface area contributed by atoms with E-state index in [1.807, 2.05) is 31.2 Å². The van der Waals surface area contributed by atoms with Crippen molar-refractivity contribution in [3.63, 3.8) is 0 Å². The smallest absolute Gasteiger partial charge is 0.338 e. The van der Waals surface area contributed by atoms with Crippen LogP contribution in [0.2, 0.25) is 0 Å². The van der Waals surface area contributed by atoms with Crippen LogP contribution in [-0.2, 0) is 47.5 Å². The molecule has 20 atom stereocenters. The van der Waals surface area contributed by atoms with Crippen molar-refractivity contribution in [3.8, 4) is 22.5 Å². The number of aliphatic carboxylic acids is 1. The van der Waals surface area contributed by atoms with Gasteiger partial charge in [0.1, 0.15) is 84.3 Å². The number of carbonyl (C=O) groups is 3. The van der Waals surface area contributed by atoms with Gasteiger partial charge in [0, 0.05) is 23.6 Å². The number of amides is 1. The Balaban J connectivity index is 0.962. The molecule has 0 spiro atoms. The fourth-order valence-corrected chi connectivity index (χ4v) is 12.3. The van der Waals surface area contributed by atoms with Gasteiger partial charge >= 0.3 is 11.9 Å². The second kappa shape index (κ2) is 29.1. The van der Waals surface area contributed by atoms with E-state index in [9.17, 15) is 64.7 Å². The van der Waals surface area contributed by atoms with Gasteiger partial charge in [0.2, 0.25) is 5.91 Å². The molecular formula is C60H76FN7O20. The Kier molecular flexibility index (Phi) is 21.4. The average Bonchev–Trinajstić information content (AvgIpc) is 3.15. The number of rotatable bonds is 22. The minimum atomic E-state index is -1.90. The van der Waals surface area contributed by atoms with Gasteiger partial charge in [-0.2, -0.15) is 0 Å². The van der Waals surface area contributed by atoms with Gasteiger partial charge in [0.05, 0.1) is 56.0 Å². The summed E-state index contributed by atoms with van der Waals surface area (Å²) < 4.78 is 67.3. The molecule has 28 heteroatoms. The average molecular weight is 1230 g/mol. The summed E-state index contributed by atoms with van der Waals surface area (Å²) in [6.07, 6.45) is -20.5. The number of nitrogens with zero attached hydrogens (tertiary/aromatic N) is 6. The number of carbonyl (C=O) groups excluding carboxylic acids is 2. The number of aryl methyl sites for hydroxylation is 1. The molecule has 2 aromatic heterocycles. The number of nitrogens with one attached hydrogen (secondary N) is 1. The highest BCUT2D eigenvalue weighted by atomic mass is 19.1. The van der Waals surface area contributed by atoms with Gasteiger partial charge in [0.15, 0.2) is 31.1 Å². The van der Waals surface area contributed by atoms with Crippen LogP contribution in [0.25, 0.3) is 22.5 Å². The first-order valence-electron chi connectivity index (χ1n) is 29.7. The first-order chi connectivity index (χ1) is 42.4. The van der Waals surface area contributed by atoms with Crippen LogP contribution < -0.4 is 5.32 Å². The van der Waals surface area contributed by atoms with E-state index in [0.29, 0.717) is 11.3 Å². The topological polar surface area (TPSA) is 381 Å². The van der Waals surface area contributed by atoms with Crippen LogP contribution in [0.1, 0.15) is 86.3 Å². The Morgan fingerprint density at radius 1 is 0.705 bits per heavy atom. The minimum absolute atomic E-state index is 0.0341. The summed E-state index contributed by atoms with van der Waals surface area (Å²) in [4.78, 5) is 42.1. The van der Waals surface area contributed by atoms with E-state index in [1.54, 1.807) is 30.5 Å². The molecule has 88 heavy (non-hydrogen) atoms. The van der Waals surface area contributed by atoms with Crippen LogP contribution in [0.5, 0.6) is 0 Å². The van der Waals surface area contributed by atoms with E-state index in [4.69, 9.17) is 37.9 Å². The van der Waals surface area contributed by atoms with E-state index < -0.39 is 159 Å². The van der Waals surface area contributed by atoms with Crippen molar-refractivity contribution in [2.75, 3.05) is 26.4 Å². The number of aliphatic hydroxyl groups is 8. The Morgan fingerprint density at radius 3 is 2.07 bits per heavy atom. The molecule has 1 amide bonds. The van der Waals surface area contributed by atoms with Gasteiger partial charge in [-0.1, -0.05) is 96.6 Å². The number of carboxylic acid groups (broad SMARTS) is 1. The lowest BCUT2D eigenvalue weighted by molar-refractivity contribution is -0.348. The molecular weight excluding hydrogens is 1160 g/mol. The van der Waals surface area contributed by atoms with Crippen LogP contribution >= 0.6 is 0 Å². The number of ether oxygens (including phenoxy) is 8. The summed E-state index contributed by atoms with van der Waals surface area (Å²) >= 11 is 0. The van der Waals surface area contributed by atoms with Gasteiger partial charge in [0.25, 0.3) is 0 Å². The number of aromatic nitrogens is 6. The number of carboxylic acids is 1. The first kappa shape index (κ1) is 64.7. The van der Waals surface area contributed by atoms with Crippen molar-refractivity contribution in [1.82, 2.24) is 35.3 Å². The van der Waals surface area contributed by atoms with Gasteiger partial charge in [-0.3, -0.25) is 4.79 Å². The Morgan fingerprint density at radius 2 is 1.38 bits per heavy atom. The van der Waals surface area contributed by atoms with Crippen LogP contribution in [0.15, 0.2) is 91.3 Å². The fourth-order valence-electron chi connectivity index (χ4n) is 12.3. The lowest BCUT2D eigenvalue weighted by Gasteiger charge is -2.48. The molecule has 0 bridgehead atoms. The van der Waals surface area contributed by atoms with Crippen LogP contribution in [0.4, 0.5) is 4.39 Å². The zero-order valence-electron chi connectivity index (χ0n) is 48.3. The third-order valence-corrected chi connectivity index (χ3v) is 17.1. The highest BCUT2D eigenvalue weighted by molar-refractivity contribution is 5.89. The lowest BCUT2D eigenvalue weighted by atomic mass is 9.80. The van der Waals surface area contributed by atoms with Crippen molar-refractivity contribution >= 4 is 17.8 Å². The Labute approximate surface area is 504 Å². The molecule has 9 unspecified atom stereocenters. The first-order valence-corrected chi connectivity index (χ1v) is 29.7. The Bertz CT molecular complexity index is 3100. The maximum absolute atomic E-state index is 14.8. The third-order valence-electron chi connectivity index (χ3n) is 17.1. The number of hydrogen-bond acceptors (Lipinski definition) is 23. The van der Waals surface area contributed by atoms with Gasteiger partial charge < -0.3 is 89.2 Å². The van der Waals surface area contributed by atoms with Crippen molar-refractivity contribution in [2.45, 2.75) is 182 Å². The number of halogens is 1. The summed E-state index contributed by atoms with van der Waals surface area (Å²) in [7, 11) is 0. The monoisotopic (exact) mass is 1230 g/mol. The van der Waals surface area contributed by atoms with E-state index in [-0.39, 0.29) is 49.6 Å². The van der Waals surface area contributed by atoms with Crippen LogP contribution in [0, 0.1) is 24.6 Å². The summed E-state index contributed by atoms with van der Waals surface area (Å²) in [5.41, 5.74) is 2.67. The summed E-state index contributed by atoms with van der Waals surface area (Å²) in [6.45, 7) is 1.26. The van der Waals surface area contributed by atoms with Crippen molar-refractivity contribution in [3.05, 3.63) is 108 Å². The molecule has 3 aliphatic heterocycles. The van der Waals surface area contributed by atoms with E-state index in [2.05, 4.69) is 25.9 Å². The molecule has 2 saturated carbocycles. The van der Waals surface area contributed by atoms with Crippen LogP contribution in [0.3, 0.4) is 0 Å². The molecule has 478 valence electrons. The van der Waals surface area contributed by atoms with E-state index in [0.717, 1.165) is 43.2 Å². The van der Waals surface area contributed by atoms with Crippen LogP contribution in [-0.4, -0.2) is 224 Å². The lowest BCUT2D eigenvalue weighted by Crippen LogP contribution is -2.64. The van der Waals surface area contributed by atoms with E-state index in [1.165, 1.54) is 52.8 Å². The zero-order valence-corrected chi connectivity index (χ0v) is 48.3. The predicted molar refractivity (Wildman–Crippen MR) is 300 cm³/mol. The second-order valence-electron chi connectivity index (χ2n) is 23.2. The molecule has 2 aliphatic carbocycles. The maximum Gasteiger partial charge on any atom is 0.338 e. The third kappa shape index (κ3) is 14.8. The van der Waals surface area contributed by atoms with Crippen molar-refractivity contribution in [2.24, 2.45) is 11.8 Å². The summed E-state index contributed by atoms with van der Waals surface area (Å²) in [6, 6.07) is 18.3. The predicted octanol–water partition coefficient (Wildman–Crippen LogP) is 1.13. The molecule has 5 fully saturated rings. The zero-order chi connectivity index (χ0) is 62.3. The Hall–Kier alpha value is -6.32. The highest BCUT2D eigenvalue weighted by Gasteiger charge is 2.55. The second-order valence-corrected chi connectivity index (χ2v) is 23.2. The minimum Gasteiger partial charge on any atom is -0.479 e. The van der Waals surface area contributed by atoms with Crippen molar-refractivity contribution < 1.29 is 103 Å². The maximum atomic E-state index is 14.8. The van der Waals surface area contributed by atoms with Gasteiger partial charge in [-0.05, 0) is 69.4 Å². The molecule has 3 saturated heterocycles.